The fraction of sp³-hybridized carbons (Fsp3) is 0.368. The lowest BCUT2D eigenvalue weighted by Crippen LogP contribution is -2.38. The Labute approximate surface area is 151 Å². The molecule has 2 aromatic rings. The van der Waals surface area contributed by atoms with Gasteiger partial charge in [-0.25, -0.2) is 0 Å². The first-order valence-corrected chi connectivity index (χ1v) is 9.25. The number of likely N-dealkylation sites (tertiary alicyclic amines) is 1. The minimum atomic E-state index is -0.779. The fourth-order valence-corrected chi connectivity index (χ4v) is 3.92. The number of carboxylic acids is 1. The van der Waals surface area contributed by atoms with Gasteiger partial charge in [-0.05, 0) is 36.9 Å². The summed E-state index contributed by atoms with van der Waals surface area (Å²) in [5.41, 5.74) is 2.23. The standard InChI is InChI=1S/C19H22N2O3S/c1-13-4-6-14(7-5-13)18(16-3-2-10-25-16)20-17(22)12-21-9-8-15(11-21)19(23)24/h2-7,10,15,18H,8-9,11-12H2,1H3,(H,20,22)(H,23,24). The number of carbonyl (C=O) groups is 2. The normalized spacial score (nSPS) is 18.8. The molecular weight excluding hydrogens is 336 g/mol. The molecular formula is C19H22N2O3S. The maximum absolute atomic E-state index is 12.5. The Morgan fingerprint density at radius 2 is 2.08 bits per heavy atom. The number of aliphatic carboxylic acids is 1. The van der Waals surface area contributed by atoms with E-state index in [2.05, 4.69) is 5.32 Å². The number of hydrogen-bond acceptors (Lipinski definition) is 4. The molecule has 1 aliphatic rings. The number of hydrogen-bond donors (Lipinski definition) is 2. The van der Waals surface area contributed by atoms with Crippen LogP contribution in [-0.2, 0) is 9.59 Å². The summed E-state index contributed by atoms with van der Waals surface area (Å²) in [6.45, 7) is 3.36. The van der Waals surface area contributed by atoms with Crippen molar-refractivity contribution in [3.63, 3.8) is 0 Å². The molecule has 1 aromatic heterocycles. The molecule has 5 nitrogen and oxygen atoms in total. The van der Waals surface area contributed by atoms with Crippen LogP contribution in [0.25, 0.3) is 0 Å². The van der Waals surface area contributed by atoms with Gasteiger partial charge in [0.2, 0.25) is 5.91 Å². The summed E-state index contributed by atoms with van der Waals surface area (Å²) in [6.07, 6.45) is 0.606. The first-order valence-electron chi connectivity index (χ1n) is 8.37. The van der Waals surface area contributed by atoms with E-state index in [-0.39, 0.29) is 24.4 Å². The van der Waals surface area contributed by atoms with Gasteiger partial charge in [-0.3, -0.25) is 14.5 Å². The Balaban J connectivity index is 1.67. The summed E-state index contributed by atoms with van der Waals surface area (Å²) in [6, 6.07) is 12.0. The first kappa shape index (κ1) is 17.6. The number of rotatable bonds is 6. The van der Waals surface area contributed by atoms with Crippen molar-refractivity contribution in [3.05, 3.63) is 57.8 Å². The summed E-state index contributed by atoms with van der Waals surface area (Å²) in [4.78, 5) is 26.6. The predicted molar refractivity (Wildman–Crippen MR) is 97.7 cm³/mol. The molecule has 2 unspecified atom stereocenters. The van der Waals surface area contributed by atoms with Crippen LogP contribution in [0.15, 0.2) is 41.8 Å². The van der Waals surface area contributed by atoms with Crippen LogP contribution in [-0.4, -0.2) is 41.5 Å². The van der Waals surface area contributed by atoms with Gasteiger partial charge < -0.3 is 10.4 Å². The average molecular weight is 358 g/mol. The maximum Gasteiger partial charge on any atom is 0.307 e. The highest BCUT2D eigenvalue weighted by Crippen LogP contribution is 2.26. The van der Waals surface area contributed by atoms with Gasteiger partial charge in [-0.15, -0.1) is 11.3 Å². The molecule has 0 bridgehead atoms. The third-order valence-corrected chi connectivity index (χ3v) is 5.47. The highest BCUT2D eigenvalue weighted by Gasteiger charge is 2.29. The van der Waals surface area contributed by atoms with Crippen molar-refractivity contribution in [2.45, 2.75) is 19.4 Å². The highest BCUT2D eigenvalue weighted by molar-refractivity contribution is 7.10. The van der Waals surface area contributed by atoms with Gasteiger partial charge in [0.05, 0.1) is 18.5 Å². The quantitative estimate of drug-likeness (QED) is 0.833. The van der Waals surface area contributed by atoms with Crippen LogP contribution >= 0.6 is 11.3 Å². The van der Waals surface area contributed by atoms with E-state index in [4.69, 9.17) is 5.11 Å². The van der Waals surface area contributed by atoms with Crippen molar-refractivity contribution in [3.8, 4) is 0 Å². The molecule has 25 heavy (non-hydrogen) atoms. The van der Waals surface area contributed by atoms with E-state index in [0.717, 1.165) is 10.4 Å². The Morgan fingerprint density at radius 3 is 2.68 bits per heavy atom. The Morgan fingerprint density at radius 1 is 1.32 bits per heavy atom. The molecule has 1 saturated heterocycles. The predicted octanol–water partition coefficient (Wildman–Crippen LogP) is 2.67. The van der Waals surface area contributed by atoms with E-state index >= 15 is 0 Å². The largest absolute Gasteiger partial charge is 0.481 e. The molecule has 0 radical (unpaired) electrons. The van der Waals surface area contributed by atoms with Crippen LogP contribution in [0.2, 0.25) is 0 Å². The molecule has 6 heteroatoms. The second-order valence-electron chi connectivity index (χ2n) is 6.49. The van der Waals surface area contributed by atoms with E-state index < -0.39 is 5.97 Å². The minimum Gasteiger partial charge on any atom is -0.481 e. The van der Waals surface area contributed by atoms with E-state index in [0.29, 0.717) is 19.5 Å². The number of thiophene rings is 1. The summed E-state index contributed by atoms with van der Waals surface area (Å²) in [7, 11) is 0. The van der Waals surface area contributed by atoms with Crippen molar-refractivity contribution in [2.24, 2.45) is 5.92 Å². The first-order chi connectivity index (χ1) is 12.0. The number of carboxylic acid groups (broad SMARTS) is 1. The molecule has 132 valence electrons. The van der Waals surface area contributed by atoms with Crippen molar-refractivity contribution >= 4 is 23.2 Å². The maximum atomic E-state index is 12.5. The highest BCUT2D eigenvalue weighted by atomic mass is 32.1. The smallest absolute Gasteiger partial charge is 0.307 e. The van der Waals surface area contributed by atoms with Gasteiger partial charge in [0.15, 0.2) is 0 Å². The SMILES string of the molecule is Cc1ccc(C(NC(=O)CN2CCC(C(=O)O)C2)c2cccs2)cc1. The van der Waals surface area contributed by atoms with E-state index in [9.17, 15) is 9.59 Å². The van der Waals surface area contributed by atoms with Crippen LogP contribution in [0, 0.1) is 12.8 Å². The molecule has 1 aliphatic heterocycles. The monoisotopic (exact) mass is 358 g/mol. The molecule has 2 heterocycles. The van der Waals surface area contributed by atoms with Gasteiger partial charge in [-0.1, -0.05) is 35.9 Å². The third-order valence-electron chi connectivity index (χ3n) is 4.53. The summed E-state index contributed by atoms with van der Waals surface area (Å²) in [5, 5.41) is 14.2. The summed E-state index contributed by atoms with van der Waals surface area (Å²) >= 11 is 1.61. The van der Waals surface area contributed by atoms with Gasteiger partial charge >= 0.3 is 5.97 Å². The van der Waals surface area contributed by atoms with Crippen molar-refractivity contribution < 1.29 is 14.7 Å². The third kappa shape index (κ3) is 4.46. The number of amides is 1. The summed E-state index contributed by atoms with van der Waals surface area (Å²) < 4.78 is 0. The Hall–Kier alpha value is -2.18. The van der Waals surface area contributed by atoms with Gasteiger partial charge in [0.1, 0.15) is 0 Å². The zero-order chi connectivity index (χ0) is 17.8. The average Bonchev–Trinajstić information content (AvgIpc) is 3.25. The molecule has 0 saturated carbocycles. The molecule has 2 atom stereocenters. The minimum absolute atomic E-state index is 0.0787. The second-order valence-corrected chi connectivity index (χ2v) is 7.46. The van der Waals surface area contributed by atoms with Crippen LogP contribution in [0.4, 0.5) is 0 Å². The number of nitrogens with zero attached hydrogens (tertiary/aromatic N) is 1. The number of benzene rings is 1. The molecule has 0 spiro atoms. The fourth-order valence-electron chi connectivity index (χ4n) is 3.12. The van der Waals surface area contributed by atoms with Gasteiger partial charge in [-0.2, -0.15) is 0 Å². The van der Waals surface area contributed by atoms with Crippen LogP contribution in [0.5, 0.6) is 0 Å². The number of nitrogens with one attached hydrogen (secondary N) is 1. The lowest BCUT2D eigenvalue weighted by Gasteiger charge is -2.21. The van der Waals surface area contributed by atoms with Crippen molar-refractivity contribution in [1.82, 2.24) is 10.2 Å². The Kier molecular flexibility index (Phi) is 5.50. The molecule has 3 rings (SSSR count). The number of aryl methyl sites for hydroxylation is 1. The zero-order valence-electron chi connectivity index (χ0n) is 14.1. The van der Waals surface area contributed by atoms with E-state index in [1.807, 2.05) is 53.6 Å². The molecule has 1 amide bonds. The van der Waals surface area contributed by atoms with Crippen LogP contribution in [0.1, 0.15) is 28.5 Å². The van der Waals surface area contributed by atoms with Gasteiger partial charge in [0, 0.05) is 11.4 Å². The lowest BCUT2D eigenvalue weighted by molar-refractivity contribution is -0.141. The van der Waals surface area contributed by atoms with Crippen LogP contribution in [0.3, 0.4) is 0 Å². The van der Waals surface area contributed by atoms with Crippen molar-refractivity contribution in [1.29, 1.82) is 0 Å². The lowest BCUT2D eigenvalue weighted by atomic mass is 10.0. The Bertz CT molecular complexity index is 728. The molecule has 1 fully saturated rings. The second kappa shape index (κ2) is 7.80. The zero-order valence-corrected chi connectivity index (χ0v) is 15.0. The van der Waals surface area contributed by atoms with Crippen molar-refractivity contribution in [2.75, 3.05) is 19.6 Å². The summed E-state index contributed by atoms with van der Waals surface area (Å²) in [5.74, 6) is -1.22. The molecule has 1 aromatic carbocycles. The van der Waals surface area contributed by atoms with E-state index in [1.165, 1.54) is 5.56 Å². The van der Waals surface area contributed by atoms with E-state index in [1.54, 1.807) is 11.3 Å². The van der Waals surface area contributed by atoms with Gasteiger partial charge in [0.25, 0.3) is 0 Å². The number of carbonyl (C=O) groups excluding carboxylic acids is 1. The molecule has 2 N–H and O–H groups in total. The topological polar surface area (TPSA) is 69.6 Å². The molecule has 0 aliphatic carbocycles. The van der Waals surface area contributed by atoms with Crippen LogP contribution < -0.4 is 5.32 Å².